The molecule has 1 aromatic carbocycles. The molecule has 0 radical (unpaired) electrons. The molecule has 4 aromatic rings. The Morgan fingerprint density at radius 3 is 2.41 bits per heavy atom. The van der Waals surface area contributed by atoms with E-state index in [9.17, 15) is 22.8 Å². The molecule has 3 fully saturated rings. The van der Waals surface area contributed by atoms with Crippen LogP contribution in [0, 0.1) is 5.41 Å². The van der Waals surface area contributed by atoms with Crippen LogP contribution in [0.1, 0.15) is 60.8 Å². The summed E-state index contributed by atoms with van der Waals surface area (Å²) in [6.45, 7) is 2.80. The highest BCUT2D eigenvalue weighted by Gasteiger charge is 2.58. The number of nitrogens with two attached hydrogens (primary N) is 1. The summed E-state index contributed by atoms with van der Waals surface area (Å²) in [6.07, 6.45) is 4.13. The lowest BCUT2D eigenvalue weighted by Gasteiger charge is -2.40. The van der Waals surface area contributed by atoms with Gasteiger partial charge >= 0.3 is 6.18 Å². The van der Waals surface area contributed by atoms with Crippen LogP contribution in [0.3, 0.4) is 0 Å². The number of nitrogens with zero attached hydrogens (tertiary/aromatic N) is 4. The fourth-order valence-electron chi connectivity index (χ4n) is 6.89. The standard InChI is InChI=1S/C31H30F3N7O3/c1-28(16-44-17-28)27(43)40-30-9-7-29(15-30,8-10-30)26-39-22(23-24(35)37-12-13-41(23)26)18-2-4-19(5-3-18)25(42)38-21-14-20(6-11-36-21)31(32,33)34/h2-6,11-14H,7-10,15-17H2,1H3,(H2,35,37)(H,40,43)(H,36,38,42). The number of alkyl halides is 3. The Balaban J connectivity index is 1.16. The number of rotatable bonds is 6. The van der Waals surface area contributed by atoms with Gasteiger partial charge in [0.15, 0.2) is 0 Å². The molecule has 2 amide bonds. The Morgan fingerprint density at radius 1 is 1.02 bits per heavy atom. The molecule has 2 bridgehead atoms. The van der Waals surface area contributed by atoms with Gasteiger partial charge in [-0.25, -0.2) is 15.0 Å². The van der Waals surface area contributed by atoms with Crippen molar-refractivity contribution in [2.24, 2.45) is 5.41 Å². The van der Waals surface area contributed by atoms with Gasteiger partial charge in [0.25, 0.3) is 5.91 Å². The SMILES string of the molecule is CC1(C(=O)NC23CCC(c4nc(-c5ccc(C(=O)Nc6cc(C(F)(F)F)ccn6)cc5)c5c(N)nccn45)(CC2)C3)COC1. The van der Waals surface area contributed by atoms with E-state index in [1.807, 2.05) is 17.5 Å². The number of benzene rings is 1. The molecule has 3 aromatic heterocycles. The molecule has 2 saturated carbocycles. The molecule has 10 nitrogen and oxygen atoms in total. The second-order valence-electron chi connectivity index (χ2n) is 12.5. The van der Waals surface area contributed by atoms with Crippen molar-refractivity contribution in [3.63, 3.8) is 0 Å². The third-order valence-corrected chi connectivity index (χ3v) is 9.42. The number of anilines is 2. The van der Waals surface area contributed by atoms with E-state index in [1.54, 1.807) is 30.5 Å². The molecule has 2 aliphatic carbocycles. The van der Waals surface area contributed by atoms with E-state index in [2.05, 4.69) is 20.6 Å². The van der Waals surface area contributed by atoms with Crippen molar-refractivity contribution in [1.29, 1.82) is 0 Å². The van der Waals surface area contributed by atoms with E-state index >= 15 is 0 Å². The molecule has 1 saturated heterocycles. The predicted molar refractivity (Wildman–Crippen MR) is 155 cm³/mol. The van der Waals surface area contributed by atoms with Crippen LogP contribution in [0.25, 0.3) is 16.8 Å². The lowest BCUT2D eigenvalue weighted by atomic mass is 9.82. The zero-order valence-electron chi connectivity index (χ0n) is 23.9. The Morgan fingerprint density at radius 2 is 1.75 bits per heavy atom. The minimum absolute atomic E-state index is 0.0384. The van der Waals surface area contributed by atoms with Gasteiger partial charge in [-0.2, -0.15) is 13.2 Å². The number of nitrogen functional groups attached to an aromatic ring is 1. The van der Waals surface area contributed by atoms with Crippen LogP contribution in [-0.4, -0.2) is 49.9 Å². The molecule has 3 aliphatic rings. The number of nitrogens with one attached hydrogen (secondary N) is 2. The van der Waals surface area contributed by atoms with Crippen molar-refractivity contribution < 1.29 is 27.5 Å². The maximum atomic E-state index is 13.1. The molecule has 4 heterocycles. The van der Waals surface area contributed by atoms with Crippen LogP contribution in [0.5, 0.6) is 0 Å². The molecule has 7 rings (SSSR count). The largest absolute Gasteiger partial charge is 0.416 e. The number of pyridine rings is 1. The van der Waals surface area contributed by atoms with Crippen LogP contribution in [-0.2, 0) is 21.1 Å². The maximum Gasteiger partial charge on any atom is 0.416 e. The highest BCUT2D eigenvalue weighted by Crippen LogP contribution is 2.58. The first-order valence-electron chi connectivity index (χ1n) is 14.4. The molecule has 4 N–H and O–H groups in total. The van der Waals surface area contributed by atoms with Crippen molar-refractivity contribution in [2.75, 3.05) is 24.3 Å². The van der Waals surface area contributed by atoms with Gasteiger partial charge in [0.1, 0.15) is 28.7 Å². The van der Waals surface area contributed by atoms with Gasteiger partial charge in [0.2, 0.25) is 5.91 Å². The van der Waals surface area contributed by atoms with Crippen molar-refractivity contribution in [3.05, 3.63) is 71.9 Å². The third-order valence-electron chi connectivity index (χ3n) is 9.42. The quantitative estimate of drug-likeness (QED) is 0.289. The minimum Gasteiger partial charge on any atom is -0.382 e. The fraction of sp³-hybridized carbons (Fsp3) is 0.387. The van der Waals surface area contributed by atoms with Crippen molar-refractivity contribution in [2.45, 2.75) is 56.2 Å². The van der Waals surface area contributed by atoms with Crippen LogP contribution < -0.4 is 16.4 Å². The zero-order valence-corrected chi connectivity index (χ0v) is 23.9. The second-order valence-corrected chi connectivity index (χ2v) is 12.5. The first-order chi connectivity index (χ1) is 20.9. The van der Waals surface area contributed by atoms with E-state index in [4.69, 9.17) is 15.5 Å². The summed E-state index contributed by atoms with van der Waals surface area (Å²) in [4.78, 5) is 39.2. The molecule has 0 spiro atoms. The van der Waals surface area contributed by atoms with Crippen molar-refractivity contribution in [3.8, 4) is 11.3 Å². The predicted octanol–water partition coefficient (Wildman–Crippen LogP) is 4.75. The number of amides is 2. The third kappa shape index (κ3) is 4.57. The summed E-state index contributed by atoms with van der Waals surface area (Å²) in [5.74, 6) is 0.407. The zero-order chi connectivity index (χ0) is 30.9. The Hall–Kier alpha value is -4.52. The van der Waals surface area contributed by atoms with Crippen molar-refractivity contribution in [1.82, 2.24) is 24.7 Å². The van der Waals surface area contributed by atoms with Gasteiger partial charge in [0.05, 0.1) is 24.2 Å². The first kappa shape index (κ1) is 28.3. The minimum atomic E-state index is -4.55. The van der Waals surface area contributed by atoms with Crippen LogP contribution in [0.15, 0.2) is 55.0 Å². The van der Waals surface area contributed by atoms with E-state index < -0.39 is 23.1 Å². The lowest BCUT2D eigenvalue weighted by Crippen LogP contribution is -2.57. The number of hydrogen-bond donors (Lipinski definition) is 3. The summed E-state index contributed by atoms with van der Waals surface area (Å²) in [7, 11) is 0. The maximum absolute atomic E-state index is 13.1. The number of carbonyl (C=O) groups is 2. The van der Waals surface area contributed by atoms with Gasteiger partial charge in [-0.05, 0) is 63.3 Å². The Bertz CT molecular complexity index is 1790. The Labute approximate surface area is 250 Å². The molecule has 13 heteroatoms. The number of hydrogen-bond acceptors (Lipinski definition) is 7. The molecule has 44 heavy (non-hydrogen) atoms. The number of fused-ring (bicyclic) bond motifs is 3. The first-order valence-corrected chi connectivity index (χ1v) is 14.4. The lowest BCUT2D eigenvalue weighted by molar-refractivity contribution is -0.159. The van der Waals surface area contributed by atoms with Crippen LogP contribution in [0.2, 0.25) is 0 Å². The van der Waals surface area contributed by atoms with E-state index in [0.717, 1.165) is 56.3 Å². The summed E-state index contributed by atoms with van der Waals surface area (Å²) < 4.78 is 46.5. The van der Waals surface area contributed by atoms with Gasteiger partial charge in [-0.3, -0.25) is 14.0 Å². The average molecular weight is 606 g/mol. The smallest absolute Gasteiger partial charge is 0.382 e. The van der Waals surface area contributed by atoms with E-state index in [-0.39, 0.29) is 28.2 Å². The highest BCUT2D eigenvalue weighted by molar-refractivity contribution is 6.04. The molecule has 0 unspecified atom stereocenters. The summed E-state index contributed by atoms with van der Waals surface area (Å²) in [5, 5.41) is 5.80. The fourth-order valence-corrected chi connectivity index (χ4v) is 6.89. The highest BCUT2D eigenvalue weighted by atomic mass is 19.4. The summed E-state index contributed by atoms with van der Waals surface area (Å²) in [6, 6.07) is 8.22. The number of carbonyl (C=O) groups excluding carboxylic acids is 2. The topological polar surface area (TPSA) is 137 Å². The number of halogens is 3. The monoisotopic (exact) mass is 605 g/mol. The molecule has 0 atom stereocenters. The second kappa shape index (κ2) is 9.74. The summed E-state index contributed by atoms with van der Waals surface area (Å²) >= 11 is 0. The number of ether oxygens (including phenoxy) is 1. The van der Waals surface area contributed by atoms with Gasteiger partial charge < -0.3 is 21.1 Å². The average Bonchev–Trinajstić information content (AvgIpc) is 3.67. The number of aromatic nitrogens is 4. The van der Waals surface area contributed by atoms with Crippen LogP contribution in [0.4, 0.5) is 24.8 Å². The van der Waals surface area contributed by atoms with Gasteiger partial charge in [-0.1, -0.05) is 12.1 Å². The van der Waals surface area contributed by atoms with Crippen molar-refractivity contribution >= 4 is 29.0 Å². The molecule has 228 valence electrons. The Kier molecular flexibility index (Phi) is 6.26. The van der Waals surface area contributed by atoms with E-state index in [1.165, 1.54) is 0 Å². The molecule has 1 aliphatic heterocycles. The normalized spacial score (nSPS) is 23.8. The summed E-state index contributed by atoms with van der Waals surface area (Å²) in [5.41, 5.74) is 6.64. The number of imidazole rings is 1. The molecular formula is C31H30F3N7O3. The van der Waals surface area contributed by atoms with E-state index in [0.29, 0.717) is 35.8 Å². The van der Waals surface area contributed by atoms with Gasteiger partial charge in [0, 0.05) is 40.7 Å². The van der Waals surface area contributed by atoms with Gasteiger partial charge in [-0.15, -0.1) is 0 Å². The van der Waals surface area contributed by atoms with Crippen LogP contribution >= 0.6 is 0 Å². The molecular weight excluding hydrogens is 575 g/mol.